The van der Waals surface area contributed by atoms with Crippen LogP contribution in [0.5, 0.6) is 0 Å². The minimum atomic E-state index is -0.0467. The first-order chi connectivity index (χ1) is 7.03. The predicted octanol–water partition coefficient (Wildman–Crippen LogP) is 3.52. The number of benzene rings is 1. The molecule has 0 bridgehead atoms. The van der Waals surface area contributed by atoms with E-state index in [1.807, 2.05) is 0 Å². The van der Waals surface area contributed by atoms with Crippen LogP contribution in [0, 0.1) is 3.57 Å². The molecule has 3 heteroatoms. The number of methoxy groups -OCH3 is 1. The number of halogens is 1. The Morgan fingerprint density at radius 3 is 2.73 bits per heavy atom. The second-order valence-electron chi connectivity index (χ2n) is 4.15. The van der Waals surface area contributed by atoms with Crippen molar-refractivity contribution in [3.05, 3.63) is 27.8 Å². The topological polar surface area (TPSA) is 21.3 Å². The largest absolute Gasteiger partial charge is 0.385 e. The summed E-state index contributed by atoms with van der Waals surface area (Å²) in [5.74, 6) is 0. The molecule has 0 aromatic heterocycles. The molecular formula is C12H18INO. The maximum absolute atomic E-state index is 5.36. The molecule has 0 aliphatic rings. The Labute approximate surface area is 106 Å². The molecule has 0 unspecified atom stereocenters. The van der Waals surface area contributed by atoms with Gasteiger partial charge in [0.1, 0.15) is 0 Å². The third-order valence-electron chi connectivity index (χ3n) is 2.43. The molecule has 1 rings (SSSR count). The van der Waals surface area contributed by atoms with Crippen molar-refractivity contribution in [1.82, 2.24) is 0 Å². The quantitative estimate of drug-likeness (QED) is 0.839. The second-order valence-corrected chi connectivity index (χ2v) is 5.40. The Balaban J connectivity index is 2.38. The summed E-state index contributed by atoms with van der Waals surface area (Å²) in [5, 5.41) is 3.39. The number of nitrogens with one attached hydrogen (secondary N) is 1. The molecule has 0 fully saturated rings. The van der Waals surface area contributed by atoms with Gasteiger partial charge in [0.15, 0.2) is 0 Å². The van der Waals surface area contributed by atoms with Crippen molar-refractivity contribution < 1.29 is 4.74 Å². The van der Waals surface area contributed by atoms with Gasteiger partial charge in [-0.1, -0.05) is 6.07 Å². The van der Waals surface area contributed by atoms with E-state index in [4.69, 9.17) is 4.74 Å². The third kappa shape index (κ3) is 4.84. The summed E-state index contributed by atoms with van der Waals surface area (Å²) in [4.78, 5) is 0. The highest BCUT2D eigenvalue weighted by Crippen LogP contribution is 2.15. The highest BCUT2D eigenvalue weighted by molar-refractivity contribution is 14.1. The SMILES string of the molecule is COC(C)(C)CCNc1cccc(I)c1. The van der Waals surface area contributed by atoms with Crippen LogP contribution in [0.15, 0.2) is 24.3 Å². The van der Waals surface area contributed by atoms with E-state index in [0.717, 1.165) is 13.0 Å². The van der Waals surface area contributed by atoms with Crippen molar-refractivity contribution in [3.8, 4) is 0 Å². The molecule has 0 aliphatic carbocycles. The summed E-state index contributed by atoms with van der Waals surface area (Å²) in [6, 6.07) is 8.37. The van der Waals surface area contributed by atoms with Gasteiger partial charge < -0.3 is 10.1 Å². The number of rotatable bonds is 5. The van der Waals surface area contributed by atoms with Gasteiger partial charge in [-0.05, 0) is 61.1 Å². The molecule has 1 N–H and O–H groups in total. The Hall–Kier alpha value is -0.290. The minimum Gasteiger partial charge on any atom is -0.385 e. The van der Waals surface area contributed by atoms with Crippen LogP contribution in [0.1, 0.15) is 20.3 Å². The van der Waals surface area contributed by atoms with Gasteiger partial charge in [-0.25, -0.2) is 0 Å². The van der Waals surface area contributed by atoms with Crippen LogP contribution >= 0.6 is 22.6 Å². The highest BCUT2D eigenvalue weighted by atomic mass is 127. The van der Waals surface area contributed by atoms with Gasteiger partial charge in [-0.2, -0.15) is 0 Å². The fourth-order valence-electron chi connectivity index (χ4n) is 1.21. The Bertz CT molecular complexity index is 312. The lowest BCUT2D eigenvalue weighted by Gasteiger charge is -2.23. The highest BCUT2D eigenvalue weighted by Gasteiger charge is 2.14. The zero-order valence-corrected chi connectivity index (χ0v) is 11.7. The summed E-state index contributed by atoms with van der Waals surface area (Å²) in [5.41, 5.74) is 1.13. The van der Waals surface area contributed by atoms with Crippen LogP contribution in [0.3, 0.4) is 0 Å². The molecular weight excluding hydrogens is 301 g/mol. The van der Waals surface area contributed by atoms with Crippen LogP contribution in [0.25, 0.3) is 0 Å². The van der Waals surface area contributed by atoms with E-state index in [0.29, 0.717) is 0 Å². The summed E-state index contributed by atoms with van der Waals surface area (Å²) in [7, 11) is 1.76. The zero-order valence-electron chi connectivity index (χ0n) is 9.51. The van der Waals surface area contributed by atoms with Gasteiger partial charge in [-0.3, -0.25) is 0 Å². The number of hydrogen-bond acceptors (Lipinski definition) is 2. The smallest absolute Gasteiger partial charge is 0.0639 e. The van der Waals surface area contributed by atoms with E-state index in [1.54, 1.807) is 7.11 Å². The Kier molecular flexibility index (Phi) is 4.86. The molecule has 84 valence electrons. The molecule has 0 atom stereocenters. The molecule has 15 heavy (non-hydrogen) atoms. The Morgan fingerprint density at radius 1 is 1.40 bits per heavy atom. The fraction of sp³-hybridized carbons (Fsp3) is 0.500. The van der Waals surface area contributed by atoms with Gasteiger partial charge in [0.25, 0.3) is 0 Å². The predicted molar refractivity (Wildman–Crippen MR) is 73.4 cm³/mol. The average molecular weight is 319 g/mol. The molecule has 0 saturated heterocycles. The first-order valence-electron chi connectivity index (χ1n) is 5.08. The molecule has 0 spiro atoms. The van der Waals surface area contributed by atoms with E-state index in [-0.39, 0.29) is 5.60 Å². The van der Waals surface area contributed by atoms with Gasteiger partial charge in [0.2, 0.25) is 0 Å². The van der Waals surface area contributed by atoms with E-state index in [9.17, 15) is 0 Å². The number of anilines is 1. The van der Waals surface area contributed by atoms with Crippen LogP contribution in [0.2, 0.25) is 0 Å². The van der Waals surface area contributed by atoms with Crippen molar-refractivity contribution in [2.45, 2.75) is 25.9 Å². The van der Waals surface area contributed by atoms with E-state index in [2.05, 4.69) is 66.0 Å². The first kappa shape index (κ1) is 12.8. The standard InChI is InChI=1S/C12H18INO/c1-12(2,15-3)7-8-14-11-6-4-5-10(13)9-11/h4-6,9,14H,7-8H2,1-3H3. The van der Waals surface area contributed by atoms with E-state index in [1.165, 1.54) is 9.26 Å². The Morgan fingerprint density at radius 2 is 2.13 bits per heavy atom. The van der Waals surface area contributed by atoms with Gasteiger partial charge in [0.05, 0.1) is 5.60 Å². The fourth-order valence-corrected chi connectivity index (χ4v) is 1.75. The van der Waals surface area contributed by atoms with Crippen molar-refractivity contribution in [2.24, 2.45) is 0 Å². The molecule has 0 aliphatic heterocycles. The molecule has 0 amide bonds. The lowest BCUT2D eigenvalue weighted by atomic mass is 10.1. The van der Waals surface area contributed by atoms with Crippen LogP contribution < -0.4 is 5.32 Å². The van der Waals surface area contributed by atoms with Gasteiger partial charge in [0, 0.05) is 22.9 Å². The lowest BCUT2D eigenvalue weighted by molar-refractivity contribution is 0.0185. The third-order valence-corrected chi connectivity index (χ3v) is 3.10. The zero-order chi connectivity index (χ0) is 11.3. The van der Waals surface area contributed by atoms with Gasteiger partial charge in [-0.15, -0.1) is 0 Å². The van der Waals surface area contributed by atoms with Gasteiger partial charge >= 0.3 is 0 Å². The monoisotopic (exact) mass is 319 g/mol. The average Bonchev–Trinajstić information content (AvgIpc) is 2.18. The van der Waals surface area contributed by atoms with Crippen molar-refractivity contribution in [1.29, 1.82) is 0 Å². The number of ether oxygens (including phenoxy) is 1. The van der Waals surface area contributed by atoms with Crippen molar-refractivity contribution in [3.63, 3.8) is 0 Å². The molecule has 1 aromatic rings. The van der Waals surface area contributed by atoms with Crippen LogP contribution in [-0.4, -0.2) is 19.3 Å². The molecule has 0 heterocycles. The van der Waals surface area contributed by atoms with Crippen molar-refractivity contribution in [2.75, 3.05) is 19.0 Å². The normalized spacial score (nSPS) is 11.5. The first-order valence-corrected chi connectivity index (χ1v) is 6.16. The minimum absolute atomic E-state index is 0.0467. The lowest BCUT2D eigenvalue weighted by Crippen LogP contribution is -2.25. The molecule has 0 radical (unpaired) electrons. The maximum atomic E-state index is 5.36. The molecule has 2 nitrogen and oxygen atoms in total. The molecule has 1 aromatic carbocycles. The maximum Gasteiger partial charge on any atom is 0.0639 e. The van der Waals surface area contributed by atoms with Crippen LogP contribution in [0.4, 0.5) is 5.69 Å². The summed E-state index contributed by atoms with van der Waals surface area (Å²) in [6.07, 6.45) is 0.995. The van der Waals surface area contributed by atoms with Crippen LogP contribution in [-0.2, 0) is 4.74 Å². The van der Waals surface area contributed by atoms with E-state index >= 15 is 0 Å². The van der Waals surface area contributed by atoms with E-state index < -0.39 is 0 Å². The summed E-state index contributed by atoms with van der Waals surface area (Å²) in [6.45, 7) is 5.13. The summed E-state index contributed by atoms with van der Waals surface area (Å²) >= 11 is 2.32. The molecule has 0 saturated carbocycles. The second kappa shape index (κ2) is 5.70. The van der Waals surface area contributed by atoms with Crippen molar-refractivity contribution >= 4 is 28.3 Å². The summed E-state index contributed by atoms with van der Waals surface area (Å²) < 4.78 is 6.61. The number of hydrogen-bond donors (Lipinski definition) is 1.